The summed E-state index contributed by atoms with van der Waals surface area (Å²) in [5.74, 6) is -1.28. The van der Waals surface area contributed by atoms with Crippen molar-refractivity contribution in [2.75, 3.05) is 0 Å². The Hall–Kier alpha value is -1.30. The normalized spacial score (nSPS) is 11.3. The molecule has 0 bridgehead atoms. The molecule has 15 heavy (non-hydrogen) atoms. The van der Waals surface area contributed by atoms with Gasteiger partial charge in [-0.05, 0) is 13.0 Å². The van der Waals surface area contributed by atoms with Crippen molar-refractivity contribution in [2.45, 2.75) is 13.1 Å². The second kappa shape index (κ2) is 4.06. The van der Waals surface area contributed by atoms with Crippen molar-refractivity contribution in [2.24, 2.45) is 0 Å². The fraction of sp³-hybridized carbons (Fsp3) is 0.250. The highest BCUT2D eigenvalue weighted by Gasteiger charge is 2.36. The summed E-state index contributed by atoms with van der Waals surface area (Å²) in [5.41, 5.74) is -1.67. The molecule has 0 aliphatic carbocycles. The van der Waals surface area contributed by atoms with E-state index >= 15 is 0 Å². The summed E-state index contributed by atoms with van der Waals surface area (Å²) >= 11 is 4.70. The molecule has 0 saturated carbocycles. The summed E-state index contributed by atoms with van der Waals surface area (Å²) in [6.07, 6.45) is -3.86. The van der Waals surface area contributed by atoms with Crippen LogP contribution in [0.25, 0.3) is 0 Å². The number of alkyl halides is 3. The molecule has 3 nitrogen and oxygen atoms in total. The van der Waals surface area contributed by atoms with Gasteiger partial charge < -0.3 is 4.29 Å². The highest BCUT2D eigenvalue weighted by molar-refractivity contribution is 6.16. The highest BCUT2D eigenvalue weighted by Crippen LogP contribution is 2.32. The summed E-state index contributed by atoms with van der Waals surface area (Å²) in [7, 11) is 0. The Morgan fingerprint density at radius 3 is 2.60 bits per heavy atom. The molecule has 1 aromatic heterocycles. The van der Waals surface area contributed by atoms with Crippen LogP contribution in [0.5, 0.6) is 0 Å². The van der Waals surface area contributed by atoms with Gasteiger partial charge in [0.05, 0.1) is 11.1 Å². The molecule has 0 aliphatic rings. The van der Waals surface area contributed by atoms with Gasteiger partial charge in [-0.25, -0.2) is 4.79 Å². The van der Waals surface area contributed by atoms with E-state index in [1.165, 1.54) is 6.92 Å². The third-order valence-electron chi connectivity index (χ3n) is 1.64. The van der Waals surface area contributed by atoms with E-state index in [1.807, 2.05) is 0 Å². The first-order chi connectivity index (χ1) is 6.86. The van der Waals surface area contributed by atoms with Crippen molar-refractivity contribution < 1.29 is 22.3 Å². The van der Waals surface area contributed by atoms with Crippen LogP contribution >= 0.6 is 11.9 Å². The Morgan fingerprint density at radius 2 is 2.13 bits per heavy atom. The monoisotopic (exact) mass is 239 g/mol. The molecule has 0 unspecified atom stereocenters. The molecule has 0 spiro atoms. The third kappa shape index (κ3) is 2.59. The second-order valence-electron chi connectivity index (χ2n) is 2.73. The summed E-state index contributed by atoms with van der Waals surface area (Å²) < 4.78 is 41.0. The Labute approximate surface area is 88.0 Å². The molecule has 1 rings (SSSR count). The molecule has 0 aromatic carbocycles. The van der Waals surface area contributed by atoms with Crippen LogP contribution in [-0.4, -0.2) is 11.0 Å². The van der Waals surface area contributed by atoms with Crippen LogP contribution in [-0.2, 0) is 10.5 Å². The molecule has 0 saturated heterocycles. The first-order valence-corrected chi connectivity index (χ1v) is 4.04. The van der Waals surface area contributed by atoms with Crippen LogP contribution in [0, 0.1) is 6.92 Å². The van der Waals surface area contributed by atoms with Crippen molar-refractivity contribution in [3.8, 4) is 0 Å². The summed E-state index contributed by atoms with van der Waals surface area (Å²) in [4.78, 5) is 14.5. The van der Waals surface area contributed by atoms with Crippen LogP contribution in [0.1, 0.15) is 21.6 Å². The van der Waals surface area contributed by atoms with E-state index in [1.54, 1.807) is 0 Å². The average molecular weight is 240 g/mol. The minimum atomic E-state index is -4.64. The molecule has 1 aromatic rings. The van der Waals surface area contributed by atoms with E-state index in [4.69, 9.17) is 11.9 Å². The summed E-state index contributed by atoms with van der Waals surface area (Å²) in [6.45, 7) is 1.38. The zero-order valence-corrected chi connectivity index (χ0v) is 8.19. The first kappa shape index (κ1) is 11.8. The number of aromatic nitrogens is 1. The van der Waals surface area contributed by atoms with Crippen LogP contribution in [0.3, 0.4) is 0 Å². The number of carbonyl (C=O) groups excluding carboxylic acids is 1. The summed E-state index contributed by atoms with van der Waals surface area (Å²) in [5, 5.41) is 0. The van der Waals surface area contributed by atoms with E-state index in [2.05, 4.69) is 9.27 Å². The standard InChI is InChI=1S/C8H5ClF3NO2/c1-4-2-6(8(10,11)12)5(3-13-4)7(14)15-9/h2-3H,1H3. The predicted octanol–water partition coefficient (Wildman–Crippen LogP) is 2.72. The molecule has 7 heteroatoms. The number of hydrogen-bond acceptors (Lipinski definition) is 3. The smallest absolute Gasteiger partial charge is 0.343 e. The van der Waals surface area contributed by atoms with E-state index in [9.17, 15) is 18.0 Å². The van der Waals surface area contributed by atoms with Gasteiger partial charge in [0.25, 0.3) is 0 Å². The minimum absolute atomic E-state index is 0.147. The van der Waals surface area contributed by atoms with E-state index < -0.39 is 23.3 Å². The maximum atomic E-state index is 12.4. The lowest BCUT2D eigenvalue weighted by Crippen LogP contribution is -2.14. The van der Waals surface area contributed by atoms with Crippen LogP contribution < -0.4 is 0 Å². The highest BCUT2D eigenvalue weighted by atomic mass is 35.5. The van der Waals surface area contributed by atoms with Gasteiger partial charge in [-0.1, -0.05) is 0 Å². The quantitative estimate of drug-likeness (QED) is 0.756. The topological polar surface area (TPSA) is 39.2 Å². The molecular formula is C8H5ClF3NO2. The van der Waals surface area contributed by atoms with Gasteiger partial charge in [-0.15, -0.1) is 0 Å². The van der Waals surface area contributed by atoms with E-state index in [0.29, 0.717) is 0 Å². The maximum Gasteiger partial charge on any atom is 0.417 e. The average Bonchev–Trinajstić information content (AvgIpc) is 2.15. The van der Waals surface area contributed by atoms with Gasteiger partial charge in [0.15, 0.2) is 0 Å². The van der Waals surface area contributed by atoms with Crippen molar-refractivity contribution in [3.05, 3.63) is 29.1 Å². The van der Waals surface area contributed by atoms with Gasteiger partial charge in [0.1, 0.15) is 11.9 Å². The van der Waals surface area contributed by atoms with Crippen molar-refractivity contribution in [3.63, 3.8) is 0 Å². The lowest BCUT2D eigenvalue weighted by Gasteiger charge is -2.10. The zero-order chi connectivity index (χ0) is 11.6. The lowest BCUT2D eigenvalue weighted by molar-refractivity contribution is -0.138. The van der Waals surface area contributed by atoms with Gasteiger partial charge in [0, 0.05) is 11.9 Å². The van der Waals surface area contributed by atoms with Gasteiger partial charge >= 0.3 is 12.1 Å². The van der Waals surface area contributed by atoms with Crippen LogP contribution in [0.4, 0.5) is 13.2 Å². The van der Waals surface area contributed by atoms with E-state index in [-0.39, 0.29) is 5.69 Å². The zero-order valence-electron chi connectivity index (χ0n) is 7.43. The molecular weight excluding hydrogens is 235 g/mol. The molecule has 0 atom stereocenters. The fourth-order valence-corrected chi connectivity index (χ4v) is 1.08. The summed E-state index contributed by atoms with van der Waals surface area (Å²) in [6, 6.07) is 0.753. The van der Waals surface area contributed by atoms with Crippen molar-refractivity contribution in [1.82, 2.24) is 4.98 Å². The molecule has 0 fully saturated rings. The number of halogens is 4. The van der Waals surface area contributed by atoms with Crippen molar-refractivity contribution in [1.29, 1.82) is 0 Å². The molecule has 0 N–H and O–H groups in total. The number of pyridine rings is 1. The fourth-order valence-electron chi connectivity index (χ4n) is 0.999. The number of hydrogen-bond donors (Lipinski definition) is 0. The maximum absolute atomic E-state index is 12.4. The number of nitrogens with zero attached hydrogens (tertiary/aromatic N) is 1. The lowest BCUT2D eigenvalue weighted by atomic mass is 10.1. The molecule has 1 heterocycles. The van der Waals surface area contributed by atoms with Gasteiger partial charge in [-0.3, -0.25) is 4.98 Å². The predicted molar refractivity (Wildman–Crippen MR) is 45.2 cm³/mol. The molecule has 0 radical (unpaired) electrons. The number of carbonyl (C=O) groups is 1. The SMILES string of the molecule is Cc1cc(C(F)(F)F)c(C(=O)OCl)cn1. The van der Waals surface area contributed by atoms with E-state index in [0.717, 1.165) is 12.3 Å². The first-order valence-electron chi connectivity index (χ1n) is 3.73. The van der Waals surface area contributed by atoms with Crippen LogP contribution in [0.2, 0.25) is 0 Å². The minimum Gasteiger partial charge on any atom is -0.343 e. The Kier molecular flexibility index (Phi) is 3.18. The van der Waals surface area contributed by atoms with Gasteiger partial charge in [-0.2, -0.15) is 13.2 Å². The Balaban J connectivity index is 3.33. The van der Waals surface area contributed by atoms with Crippen molar-refractivity contribution >= 4 is 17.8 Å². The van der Waals surface area contributed by atoms with Crippen LogP contribution in [0.15, 0.2) is 12.3 Å². The number of aryl methyl sites for hydroxylation is 1. The largest absolute Gasteiger partial charge is 0.417 e. The molecule has 0 amide bonds. The third-order valence-corrected chi connectivity index (χ3v) is 1.78. The van der Waals surface area contributed by atoms with Gasteiger partial charge in [0.2, 0.25) is 0 Å². The molecule has 0 aliphatic heterocycles. The Bertz CT molecular complexity index is 392. The second-order valence-corrected chi connectivity index (χ2v) is 2.89. The Morgan fingerprint density at radius 1 is 1.53 bits per heavy atom. The number of rotatable bonds is 1. The molecule has 82 valence electrons.